The van der Waals surface area contributed by atoms with Gasteiger partial charge in [-0.15, -0.1) is 10.2 Å². The summed E-state index contributed by atoms with van der Waals surface area (Å²) in [6.07, 6.45) is 7.14. The molecule has 0 unspecified atom stereocenters. The number of ether oxygens (including phenoxy) is 3. The highest BCUT2D eigenvalue weighted by molar-refractivity contribution is 7.99. The minimum atomic E-state index is -0.394. The number of methoxy groups -OCH3 is 3. The highest BCUT2D eigenvalue weighted by Crippen LogP contribution is 2.40. The van der Waals surface area contributed by atoms with Crippen LogP contribution in [0.25, 0.3) is 0 Å². The number of carbonyl (C=O) groups is 1. The summed E-state index contributed by atoms with van der Waals surface area (Å²) in [5.74, 6) is 3.38. The number of nitrogens with one attached hydrogen (secondary N) is 1. The van der Waals surface area contributed by atoms with Crippen molar-refractivity contribution in [1.29, 1.82) is 0 Å². The molecule has 1 atom stereocenters. The fraction of sp³-hybridized carbons (Fsp3) is 0.464. The molecule has 3 aromatic rings. The SMILES string of the molecule is COc1ccc(C(=O)N[C@H](Cc2ccccc2)c2nnc(SCC3CCCCC3)n2C)c(OC)c1OC. The van der Waals surface area contributed by atoms with E-state index in [9.17, 15) is 4.79 Å². The van der Waals surface area contributed by atoms with Crippen LogP contribution >= 0.6 is 11.8 Å². The van der Waals surface area contributed by atoms with E-state index in [1.54, 1.807) is 31.0 Å². The van der Waals surface area contributed by atoms with Crippen molar-refractivity contribution in [1.82, 2.24) is 20.1 Å². The number of hydrogen-bond acceptors (Lipinski definition) is 7. The number of rotatable bonds is 11. The van der Waals surface area contributed by atoms with Gasteiger partial charge in [0.1, 0.15) is 0 Å². The molecular formula is C28H36N4O4S. The van der Waals surface area contributed by atoms with Gasteiger partial charge in [0.2, 0.25) is 5.75 Å². The average molecular weight is 525 g/mol. The summed E-state index contributed by atoms with van der Waals surface area (Å²) in [4.78, 5) is 13.6. The van der Waals surface area contributed by atoms with E-state index in [4.69, 9.17) is 14.2 Å². The summed E-state index contributed by atoms with van der Waals surface area (Å²) in [5, 5.41) is 13.1. The van der Waals surface area contributed by atoms with E-state index in [1.165, 1.54) is 46.3 Å². The first kappa shape index (κ1) is 26.9. The van der Waals surface area contributed by atoms with Crippen LogP contribution in [-0.2, 0) is 13.5 Å². The monoisotopic (exact) mass is 524 g/mol. The molecule has 1 amide bonds. The molecule has 1 aromatic heterocycles. The van der Waals surface area contributed by atoms with Gasteiger partial charge in [0.15, 0.2) is 22.5 Å². The molecule has 0 spiro atoms. The smallest absolute Gasteiger partial charge is 0.255 e. The number of benzene rings is 2. The van der Waals surface area contributed by atoms with E-state index in [1.807, 2.05) is 41.9 Å². The number of aromatic nitrogens is 3. The number of nitrogens with zero attached hydrogens (tertiary/aromatic N) is 3. The van der Waals surface area contributed by atoms with Gasteiger partial charge in [-0.2, -0.15) is 0 Å². The molecule has 1 heterocycles. The van der Waals surface area contributed by atoms with Gasteiger partial charge in [-0.05, 0) is 42.9 Å². The molecule has 8 nitrogen and oxygen atoms in total. The van der Waals surface area contributed by atoms with Gasteiger partial charge in [-0.3, -0.25) is 4.79 Å². The van der Waals surface area contributed by atoms with Gasteiger partial charge in [-0.1, -0.05) is 61.4 Å². The lowest BCUT2D eigenvalue weighted by Crippen LogP contribution is -2.32. The Morgan fingerprint density at radius 1 is 1.00 bits per heavy atom. The van der Waals surface area contributed by atoms with Gasteiger partial charge in [0.05, 0.1) is 32.9 Å². The number of carbonyl (C=O) groups excluding carboxylic acids is 1. The van der Waals surface area contributed by atoms with Crippen LogP contribution < -0.4 is 19.5 Å². The Bertz CT molecular complexity index is 1180. The van der Waals surface area contributed by atoms with Crippen molar-refractivity contribution >= 4 is 17.7 Å². The van der Waals surface area contributed by atoms with Crippen LogP contribution in [0.2, 0.25) is 0 Å². The van der Waals surface area contributed by atoms with Gasteiger partial charge in [0, 0.05) is 12.8 Å². The maximum atomic E-state index is 13.6. The van der Waals surface area contributed by atoms with E-state index in [0.717, 1.165) is 22.4 Å². The highest BCUT2D eigenvalue weighted by atomic mass is 32.2. The second-order valence-electron chi connectivity index (χ2n) is 9.31. The number of thioether (sulfide) groups is 1. The third kappa shape index (κ3) is 6.39. The Balaban J connectivity index is 1.59. The maximum absolute atomic E-state index is 13.6. The Morgan fingerprint density at radius 3 is 2.41 bits per heavy atom. The van der Waals surface area contributed by atoms with Gasteiger partial charge < -0.3 is 24.1 Å². The molecule has 0 bridgehead atoms. The van der Waals surface area contributed by atoms with Crippen molar-refractivity contribution in [2.75, 3.05) is 27.1 Å². The summed E-state index contributed by atoms with van der Waals surface area (Å²) in [5.41, 5.74) is 1.44. The van der Waals surface area contributed by atoms with E-state index < -0.39 is 6.04 Å². The Labute approximate surface area is 223 Å². The minimum Gasteiger partial charge on any atom is -0.493 e. The lowest BCUT2D eigenvalue weighted by atomic mass is 9.91. The lowest BCUT2D eigenvalue weighted by molar-refractivity contribution is 0.0930. The van der Waals surface area contributed by atoms with Crippen molar-refractivity contribution in [3.8, 4) is 17.2 Å². The van der Waals surface area contributed by atoms with Crippen LogP contribution in [0.5, 0.6) is 17.2 Å². The second kappa shape index (κ2) is 12.9. The molecule has 4 rings (SSSR count). The van der Waals surface area contributed by atoms with E-state index in [0.29, 0.717) is 35.1 Å². The molecule has 1 aliphatic carbocycles. The molecule has 37 heavy (non-hydrogen) atoms. The first-order valence-electron chi connectivity index (χ1n) is 12.7. The predicted molar refractivity (Wildman–Crippen MR) is 145 cm³/mol. The summed E-state index contributed by atoms with van der Waals surface area (Å²) in [6, 6.07) is 13.0. The van der Waals surface area contributed by atoms with E-state index in [-0.39, 0.29) is 5.91 Å². The van der Waals surface area contributed by atoms with Crippen molar-refractivity contribution in [2.45, 2.75) is 49.7 Å². The Kier molecular flexibility index (Phi) is 9.33. The minimum absolute atomic E-state index is 0.293. The summed E-state index contributed by atoms with van der Waals surface area (Å²) < 4.78 is 18.4. The van der Waals surface area contributed by atoms with Gasteiger partial charge >= 0.3 is 0 Å². The Morgan fingerprint density at radius 2 is 1.73 bits per heavy atom. The molecule has 0 saturated heterocycles. The van der Waals surface area contributed by atoms with Crippen molar-refractivity contribution in [3.63, 3.8) is 0 Å². The standard InChI is InChI=1S/C28H36N4O4S/c1-32-26(30-31-28(32)37-18-20-13-9-6-10-14-20)22(17-19-11-7-5-8-12-19)29-27(33)21-15-16-23(34-2)25(36-4)24(21)35-3/h5,7-8,11-12,15-16,20,22H,6,9-10,13-14,17-18H2,1-4H3,(H,29,33)/t22-/m1/s1. The zero-order valence-corrected chi connectivity index (χ0v) is 22.8. The van der Waals surface area contributed by atoms with Crippen LogP contribution in [0.3, 0.4) is 0 Å². The summed E-state index contributed by atoms with van der Waals surface area (Å²) >= 11 is 1.75. The highest BCUT2D eigenvalue weighted by Gasteiger charge is 2.27. The third-order valence-electron chi connectivity index (χ3n) is 6.89. The van der Waals surface area contributed by atoms with Crippen molar-refractivity contribution < 1.29 is 19.0 Å². The number of hydrogen-bond donors (Lipinski definition) is 1. The molecule has 9 heteroatoms. The largest absolute Gasteiger partial charge is 0.493 e. The Hall–Kier alpha value is -3.20. The summed E-state index contributed by atoms with van der Waals surface area (Å²) in [6.45, 7) is 0. The first-order valence-corrected chi connectivity index (χ1v) is 13.7. The third-order valence-corrected chi connectivity index (χ3v) is 8.14. The van der Waals surface area contributed by atoms with Crippen LogP contribution in [-0.4, -0.2) is 47.8 Å². The van der Waals surface area contributed by atoms with Crippen LogP contribution in [0.4, 0.5) is 0 Å². The molecule has 1 aliphatic rings. The lowest BCUT2D eigenvalue weighted by Gasteiger charge is -2.21. The molecular weight excluding hydrogens is 488 g/mol. The fourth-order valence-electron chi connectivity index (χ4n) is 4.87. The zero-order chi connectivity index (χ0) is 26.2. The molecule has 0 aliphatic heterocycles. The van der Waals surface area contributed by atoms with Crippen LogP contribution in [0.15, 0.2) is 47.6 Å². The molecule has 1 saturated carbocycles. The van der Waals surface area contributed by atoms with Crippen molar-refractivity contribution in [3.05, 3.63) is 59.4 Å². The van der Waals surface area contributed by atoms with E-state index in [2.05, 4.69) is 15.5 Å². The van der Waals surface area contributed by atoms with E-state index >= 15 is 0 Å². The molecule has 198 valence electrons. The predicted octanol–water partition coefficient (Wildman–Crippen LogP) is 5.23. The maximum Gasteiger partial charge on any atom is 0.255 e. The summed E-state index contributed by atoms with van der Waals surface area (Å²) in [7, 11) is 6.55. The molecule has 1 N–H and O–H groups in total. The average Bonchev–Trinajstić information content (AvgIpc) is 3.31. The fourth-order valence-corrected chi connectivity index (χ4v) is 5.98. The molecule has 1 fully saturated rings. The second-order valence-corrected chi connectivity index (χ2v) is 10.3. The zero-order valence-electron chi connectivity index (χ0n) is 22.0. The molecule has 2 aromatic carbocycles. The first-order chi connectivity index (χ1) is 18.0. The van der Waals surface area contributed by atoms with Crippen molar-refractivity contribution in [2.24, 2.45) is 13.0 Å². The van der Waals surface area contributed by atoms with Gasteiger partial charge in [0.25, 0.3) is 5.91 Å². The van der Waals surface area contributed by atoms with Gasteiger partial charge in [-0.25, -0.2) is 0 Å². The number of amides is 1. The molecule has 0 radical (unpaired) electrons. The normalized spacial score (nSPS) is 14.7. The van der Waals surface area contributed by atoms with Crippen LogP contribution in [0.1, 0.15) is 59.9 Å². The quantitative estimate of drug-likeness (QED) is 0.344. The topological polar surface area (TPSA) is 87.5 Å². The van der Waals surface area contributed by atoms with Crippen LogP contribution in [0, 0.1) is 5.92 Å².